The first-order chi connectivity index (χ1) is 9.13. The van der Waals surface area contributed by atoms with E-state index in [9.17, 15) is 4.39 Å². The molecule has 3 heteroatoms. The second kappa shape index (κ2) is 6.18. The third kappa shape index (κ3) is 3.14. The largest absolute Gasteiger partial charge is 0.313 e. The summed E-state index contributed by atoms with van der Waals surface area (Å²) in [4.78, 5) is 0. The van der Waals surface area contributed by atoms with Crippen molar-refractivity contribution in [2.75, 3.05) is 7.05 Å². The summed E-state index contributed by atoms with van der Waals surface area (Å²) in [6.07, 6.45) is 0.784. The molecule has 1 N–H and O–H groups in total. The molecule has 1 unspecified atom stereocenters. The van der Waals surface area contributed by atoms with Crippen LogP contribution in [-0.2, 0) is 6.42 Å². The zero-order valence-electron chi connectivity index (χ0n) is 11.1. The minimum atomic E-state index is -0.371. The van der Waals surface area contributed by atoms with E-state index in [4.69, 9.17) is 11.6 Å². The van der Waals surface area contributed by atoms with Crippen molar-refractivity contribution in [2.24, 2.45) is 0 Å². The molecule has 0 saturated carbocycles. The molecule has 0 amide bonds. The van der Waals surface area contributed by atoms with Crippen molar-refractivity contribution >= 4 is 11.6 Å². The maximum Gasteiger partial charge on any atom is 0.142 e. The predicted molar refractivity (Wildman–Crippen MR) is 78.1 cm³/mol. The van der Waals surface area contributed by atoms with E-state index < -0.39 is 0 Å². The van der Waals surface area contributed by atoms with E-state index in [-0.39, 0.29) is 16.9 Å². The Hall–Kier alpha value is -1.38. The standard InChI is InChI=1S/C16H17ClFN/c1-11-6-3-4-7-12(11)10-15(19-2)13-8-5-9-14(18)16(13)17/h3-9,15,19H,10H2,1-2H3. The summed E-state index contributed by atoms with van der Waals surface area (Å²) in [5.74, 6) is -0.371. The molecule has 2 rings (SSSR count). The van der Waals surface area contributed by atoms with Gasteiger partial charge in [0.05, 0.1) is 5.02 Å². The van der Waals surface area contributed by atoms with E-state index in [1.54, 1.807) is 6.07 Å². The molecule has 2 aromatic carbocycles. The van der Waals surface area contributed by atoms with Crippen LogP contribution in [0.2, 0.25) is 5.02 Å². The molecule has 0 aliphatic rings. The zero-order chi connectivity index (χ0) is 13.8. The van der Waals surface area contributed by atoms with E-state index in [0.29, 0.717) is 0 Å². The Labute approximate surface area is 118 Å². The monoisotopic (exact) mass is 277 g/mol. The first-order valence-electron chi connectivity index (χ1n) is 6.29. The van der Waals surface area contributed by atoms with Crippen molar-refractivity contribution in [3.63, 3.8) is 0 Å². The molecule has 0 bridgehead atoms. The Morgan fingerprint density at radius 1 is 1.16 bits per heavy atom. The molecule has 0 aromatic heterocycles. The van der Waals surface area contributed by atoms with E-state index >= 15 is 0 Å². The number of nitrogens with one attached hydrogen (secondary N) is 1. The van der Waals surface area contributed by atoms with Gasteiger partial charge in [0.2, 0.25) is 0 Å². The molecule has 0 radical (unpaired) electrons. The van der Waals surface area contributed by atoms with E-state index in [1.165, 1.54) is 17.2 Å². The molecular weight excluding hydrogens is 261 g/mol. The van der Waals surface area contributed by atoms with Crippen LogP contribution in [-0.4, -0.2) is 7.05 Å². The molecule has 0 aliphatic carbocycles. The highest BCUT2D eigenvalue weighted by Gasteiger charge is 2.16. The van der Waals surface area contributed by atoms with E-state index in [2.05, 4.69) is 24.4 Å². The number of hydrogen-bond acceptors (Lipinski definition) is 1. The van der Waals surface area contributed by atoms with Gasteiger partial charge in [0.1, 0.15) is 5.82 Å². The summed E-state index contributed by atoms with van der Waals surface area (Å²) in [6.45, 7) is 2.08. The second-order valence-corrected chi connectivity index (χ2v) is 4.99. The van der Waals surface area contributed by atoms with Crippen LogP contribution in [0.1, 0.15) is 22.7 Å². The van der Waals surface area contributed by atoms with Crippen molar-refractivity contribution in [3.05, 3.63) is 70.0 Å². The molecule has 1 atom stereocenters. The number of likely N-dealkylation sites (N-methyl/N-ethyl adjacent to an activating group) is 1. The van der Waals surface area contributed by atoms with Gasteiger partial charge in [-0.05, 0) is 43.1 Å². The van der Waals surface area contributed by atoms with Crippen LogP contribution in [0.25, 0.3) is 0 Å². The maximum absolute atomic E-state index is 13.5. The Balaban J connectivity index is 2.31. The van der Waals surface area contributed by atoms with Crippen LogP contribution < -0.4 is 5.32 Å². The summed E-state index contributed by atoms with van der Waals surface area (Å²) < 4.78 is 13.5. The third-order valence-electron chi connectivity index (χ3n) is 3.39. The first-order valence-corrected chi connectivity index (χ1v) is 6.67. The third-order valence-corrected chi connectivity index (χ3v) is 3.79. The van der Waals surface area contributed by atoms with Crippen molar-refractivity contribution in [1.29, 1.82) is 0 Å². The Morgan fingerprint density at radius 3 is 2.58 bits per heavy atom. The molecule has 1 nitrogen and oxygen atoms in total. The lowest BCUT2D eigenvalue weighted by molar-refractivity contribution is 0.577. The quantitative estimate of drug-likeness (QED) is 0.879. The normalized spacial score (nSPS) is 12.4. The fraction of sp³-hybridized carbons (Fsp3) is 0.250. The van der Waals surface area contributed by atoms with Crippen LogP contribution in [0.5, 0.6) is 0 Å². The maximum atomic E-state index is 13.5. The van der Waals surface area contributed by atoms with Gasteiger partial charge in [-0.1, -0.05) is 48.0 Å². The van der Waals surface area contributed by atoms with Crippen molar-refractivity contribution in [1.82, 2.24) is 5.32 Å². The summed E-state index contributed by atoms with van der Waals surface area (Å²) in [5, 5.41) is 3.42. The van der Waals surface area contributed by atoms with Crippen LogP contribution >= 0.6 is 11.6 Å². The highest BCUT2D eigenvalue weighted by molar-refractivity contribution is 6.31. The topological polar surface area (TPSA) is 12.0 Å². The summed E-state index contributed by atoms with van der Waals surface area (Å²) in [7, 11) is 1.87. The molecule has 19 heavy (non-hydrogen) atoms. The average Bonchev–Trinajstić information content (AvgIpc) is 2.41. The van der Waals surface area contributed by atoms with E-state index in [0.717, 1.165) is 12.0 Å². The molecule has 2 aromatic rings. The number of hydrogen-bond donors (Lipinski definition) is 1. The average molecular weight is 278 g/mol. The van der Waals surface area contributed by atoms with Gasteiger partial charge in [0.25, 0.3) is 0 Å². The zero-order valence-corrected chi connectivity index (χ0v) is 11.8. The van der Waals surface area contributed by atoms with Gasteiger partial charge in [-0.3, -0.25) is 0 Å². The molecule has 0 saturated heterocycles. The number of rotatable bonds is 4. The van der Waals surface area contributed by atoms with Gasteiger partial charge in [0.15, 0.2) is 0 Å². The van der Waals surface area contributed by atoms with Crippen molar-refractivity contribution in [3.8, 4) is 0 Å². The molecule has 0 spiro atoms. The lowest BCUT2D eigenvalue weighted by atomic mass is 9.96. The van der Waals surface area contributed by atoms with Crippen LogP contribution in [0.4, 0.5) is 4.39 Å². The van der Waals surface area contributed by atoms with Crippen molar-refractivity contribution in [2.45, 2.75) is 19.4 Å². The van der Waals surface area contributed by atoms with Gasteiger partial charge in [-0.15, -0.1) is 0 Å². The first kappa shape index (κ1) is 14.0. The minimum Gasteiger partial charge on any atom is -0.313 e. The fourth-order valence-corrected chi connectivity index (χ4v) is 2.47. The van der Waals surface area contributed by atoms with E-state index in [1.807, 2.05) is 25.2 Å². The van der Waals surface area contributed by atoms with Gasteiger partial charge in [-0.2, -0.15) is 0 Å². The molecule has 0 aliphatic heterocycles. The predicted octanol–water partition coefficient (Wildman–Crippen LogP) is 4.29. The van der Waals surface area contributed by atoms with Gasteiger partial charge in [0, 0.05) is 6.04 Å². The van der Waals surface area contributed by atoms with Gasteiger partial charge in [-0.25, -0.2) is 4.39 Å². The highest BCUT2D eigenvalue weighted by atomic mass is 35.5. The fourth-order valence-electron chi connectivity index (χ4n) is 2.22. The van der Waals surface area contributed by atoms with Crippen LogP contribution in [0, 0.1) is 12.7 Å². The Morgan fingerprint density at radius 2 is 1.89 bits per heavy atom. The van der Waals surface area contributed by atoms with Crippen LogP contribution in [0.15, 0.2) is 42.5 Å². The second-order valence-electron chi connectivity index (χ2n) is 4.61. The summed E-state index contributed by atoms with van der Waals surface area (Å²) in [5.41, 5.74) is 3.27. The van der Waals surface area contributed by atoms with Gasteiger partial charge < -0.3 is 5.32 Å². The smallest absolute Gasteiger partial charge is 0.142 e. The van der Waals surface area contributed by atoms with Crippen LogP contribution in [0.3, 0.4) is 0 Å². The van der Waals surface area contributed by atoms with Gasteiger partial charge >= 0.3 is 0 Å². The SMILES string of the molecule is CNC(Cc1ccccc1C)c1cccc(F)c1Cl. The summed E-state index contributed by atoms with van der Waals surface area (Å²) in [6, 6.07) is 13.1. The minimum absolute atomic E-state index is 0.00398. The summed E-state index contributed by atoms with van der Waals surface area (Å²) >= 11 is 6.06. The lowest BCUT2D eigenvalue weighted by Crippen LogP contribution is -2.20. The molecule has 100 valence electrons. The molecule has 0 fully saturated rings. The lowest BCUT2D eigenvalue weighted by Gasteiger charge is -2.19. The number of benzene rings is 2. The molecular formula is C16H17ClFN. The Bertz CT molecular complexity index is 568. The van der Waals surface area contributed by atoms with Crippen molar-refractivity contribution < 1.29 is 4.39 Å². The highest BCUT2D eigenvalue weighted by Crippen LogP contribution is 2.28. The Kier molecular flexibility index (Phi) is 4.56. The number of aryl methyl sites for hydroxylation is 1. The number of halogens is 2. The molecule has 0 heterocycles.